The van der Waals surface area contributed by atoms with Crippen molar-refractivity contribution in [2.45, 2.75) is 111 Å². The van der Waals surface area contributed by atoms with E-state index >= 15 is 0 Å². The molecule has 0 saturated heterocycles. The average molecular weight is 494 g/mol. The zero-order valence-electron chi connectivity index (χ0n) is 24.5. The lowest BCUT2D eigenvalue weighted by molar-refractivity contribution is -0.116. The number of benzene rings is 2. The summed E-state index contributed by atoms with van der Waals surface area (Å²) in [5, 5.41) is 24.9. The van der Waals surface area contributed by atoms with E-state index in [2.05, 4.69) is 88.4 Å². The van der Waals surface area contributed by atoms with Crippen molar-refractivity contribution >= 4 is 12.0 Å². The second-order valence-corrected chi connectivity index (χ2v) is 14.1. The second-order valence-electron chi connectivity index (χ2n) is 14.1. The molecular formula is C32H47NO3. The molecule has 0 saturated carbocycles. The number of amides is 1. The minimum atomic E-state index is -0.232. The van der Waals surface area contributed by atoms with Gasteiger partial charge in [0.05, 0.1) is 0 Å². The van der Waals surface area contributed by atoms with E-state index in [1.165, 1.54) is 0 Å². The zero-order valence-corrected chi connectivity index (χ0v) is 24.5. The van der Waals surface area contributed by atoms with Crippen molar-refractivity contribution in [3.05, 3.63) is 63.7 Å². The van der Waals surface area contributed by atoms with Crippen LogP contribution in [-0.4, -0.2) is 16.1 Å². The molecule has 198 valence electrons. The Balaban J connectivity index is 2.34. The predicted molar refractivity (Wildman–Crippen MR) is 152 cm³/mol. The molecule has 4 nitrogen and oxygen atoms in total. The Kier molecular flexibility index (Phi) is 8.15. The van der Waals surface area contributed by atoms with Gasteiger partial charge in [-0.25, -0.2) is 0 Å². The van der Waals surface area contributed by atoms with E-state index in [4.69, 9.17) is 0 Å². The fraction of sp³-hybridized carbons (Fsp3) is 0.531. The predicted octanol–water partition coefficient (Wildman–Crippen LogP) is 7.62. The lowest BCUT2D eigenvalue weighted by Gasteiger charge is -2.28. The van der Waals surface area contributed by atoms with E-state index in [0.29, 0.717) is 18.0 Å². The summed E-state index contributed by atoms with van der Waals surface area (Å²) in [6.45, 7) is 25.3. The van der Waals surface area contributed by atoms with Gasteiger partial charge in [-0.3, -0.25) is 4.79 Å². The lowest BCUT2D eigenvalue weighted by Crippen LogP contribution is -2.22. The summed E-state index contributed by atoms with van der Waals surface area (Å²) >= 11 is 0. The number of carbonyl (C=O) groups excluding carboxylic acids is 1. The van der Waals surface area contributed by atoms with E-state index in [1.807, 2.05) is 24.3 Å². The molecule has 2 rings (SSSR count). The van der Waals surface area contributed by atoms with Gasteiger partial charge in [0.2, 0.25) is 5.91 Å². The highest BCUT2D eigenvalue weighted by Gasteiger charge is 2.27. The Morgan fingerprint density at radius 2 is 1.00 bits per heavy atom. The summed E-state index contributed by atoms with van der Waals surface area (Å²) < 4.78 is 0. The first-order valence-electron chi connectivity index (χ1n) is 12.8. The summed E-state index contributed by atoms with van der Waals surface area (Å²) in [6, 6.07) is 7.89. The number of hydrogen-bond donors (Lipinski definition) is 3. The van der Waals surface area contributed by atoms with Crippen molar-refractivity contribution in [1.82, 2.24) is 5.32 Å². The Morgan fingerprint density at radius 1 is 0.667 bits per heavy atom. The molecule has 0 aliphatic heterocycles. The van der Waals surface area contributed by atoms with Crippen molar-refractivity contribution in [2.24, 2.45) is 0 Å². The number of aromatic hydroxyl groups is 2. The van der Waals surface area contributed by atoms with Gasteiger partial charge >= 0.3 is 0 Å². The molecule has 0 heterocycles. The van der Waals surface area contributed by atoms with Gasteiger partial charge in [-0.05, 0) is 74.3 Å². The number of carbonyl (C=O) groups is 1. The maximum atomic E-state index is 12.8. The molecule has 0 spiro atoms. The zero-order chi connectivity index (χ0) is 27.9. The second kappa shape index (κ2) is 9.95. The van der Waals surface area contributed by atoms with Crippen molar-refractivity contribution in [3.8, 4) is 11.5 Å². The van der Waals surface area contributed by atoms with Crippen LogP contribution < -0.4 is 5.32 Å². The van der Waals surface area contributed by atoms with Crippen molar-refractivity contribution in [2.75, 3.05) is 0 Å². The molecule has 0 aliphatic rings. The van der Waals surface area contributed by atoms with Gasteiger partial charge in [0, 0.05) is 23.7 Å². The topological polar surface area (TPSA) is 69.6 Å². The fourth-order valence-corrected chi connectivity index (χ4v) is 4.26. The van der Waals surface area contributed by atoms with Gasteiger partial charge in [-0.15, -0.1) is 0 Å². The fourth-order valence-electron chi connectivity index (χ4n) is 4.26. The smallest absolute Gasteiger partial charge is 0.244 e. The summed E-state index contributed by atoms with van der Waals surface area (Å²) in [4.78, 5) is 12.8. The standard InChI is InChI=1S/C32H47NO3/c1-29(2,3)22-15-20(16-23(27(22)35)30(4,5)6)13-14-26(34)33-19-21-17-24(31(7,8)9)28(36)25(18-21)32(10,11)12/h13-18,35-36H,19H2,1-12H3,(H,33,34)/b14-13+. The summed E-state index contributed by atoms with van der Waals surface area (Å²) in [7, 11) is 0. The summed E-state index contributed by atoms with van der Waals surface area (Å²) in [5.41, 5.74) is 4.41. The van der Waals surface area contributed by atoms with Crippen LogP contribution in [0.1, 0.15) is 116 Å². The van der Waals surface area contributed by atoms with E-state index < -0.39 is 0 Å². The van der Waals surface area contributed by atoms with E-state index in [9.17, 15) is 15.0 Å². The Bertz CT molecular complexity index is 1070. The molecule has 4 heteroatoms. The maximum absolute atomic E-state index is 12.8. The third-order valence-electron chi connectivity index (χ3n) is 6.43. The average Bonchev–Trinajstić information content (AvgIpc) is 2.68. The number of rotatable bonds is 4. The van der Waals surface area contributed by atoms with Crippen LogP contribution in [-0.2, 0) is 33.0 Å². The van der Waals surface area contributed by atoms with Crippen LogP contribution in [0.15, 0.2) is 30.3 Å². The summed E-state index contributed by atoms with van der Waals surface area (Å²) in [6.07, 6.45) is 3.35. The largest absolute Gasteiger partial charge is 0.507 e. The highest BCUT2D eigenvalue weighted by molar-refractivity contribution is 5.91. The molecule has 0 unspecified atom stereocenters. The molecule has 0 radical (unpaired) electrons. The lowest BCUT2D eigenvalue weighted by atomic mass is 9.78. The first-order chi connectivity index (χ1) is 16.1. The number of phenolic OH excluding ortho intramolecular Hbond substituents is 2. The van der Waals surface area contributed by atoms with Gasteiger partial charge in [-0.1, -0.05) is 83.1 Å². The Hall–Kier alpha value is -2.75. The Morgan fingerprint density at radius 3 is 1.33 bits per heavy atom. The molecular weight excluding hydrogens is 446 g/mol. The van der Waals surface area contributed by atoms with Crippen LogP contribution in [0.2, 0.25) is 0 Å². The maximum Gasteiger partial charge on any atom is 0.244 e. The van der Waals surface area contributed by atoms with Gasteiger partial charge in [0.1, 0.15) is 11.5 Å². The van der Waals surface area contributed by atoms with Crippen molar-refractivity contribution in [1.29, 1.82) is 0 Å². The van der Waals surface area contributed by atoms with E-state index in [-0.39, 0.29) is 27.6 Å². The SMILES string of the molecule is CC(C)(C)c1cc(/C=C/C(=O)NCc2cc(C(C)(C)C)c(O)c(C(C)(C)C)c2)cc(C(C)(C)C)c1O. The van der Waals surface area contributed by atoms with Gasteiger partial charge in [-0.2, -0.15) is 0 Å². The molecule has 0 aliphatic carbocycles. The first kappa shape index (κ1) is 29.5. The first-order valence-corrected chi connectivity index (χ1v) is 12.8. The Labute approximate surface area is 218 Å². The third kappa shape index (κ3) is 7.15. The minimum Gasteiger partial charge on any atom is -0.507 e. The molecule has 0 bridgehead atoms. The third-order valence-corrected chi connectivity index (χ3v) is 6.43. The number of phenols is 2. The van der Waals surface area contributed by atoms with Crippen LogP contribution >= 0.6 is 0 Å². The molecule has 0 atom stereocenters. The molecule has 3 N–H and O–H groups in total. The van der Waals surface area contributed by atoms with E-state index in [0.717, 1.165) is 33.4 Å². The van der Waals surface area contributed by atoms with Crippen LogP contribution in [0, 0.1) is 0 Å². The molecule has 2 aromatic carbocycles. The molecule has 36 heavy (non-hydrogen) atoms. The van der Waals surface area contributed by atoms with Gasteiger partial charge in [0.25, 0.3) is 0 Å². The molecule has 0 fully saturated rings. The van der Waals surface area contributed by atoms with Crippen molar-refractivity contribution in [3.63, 3.8) is 0 Å². The molecule has 0 aromatic heterocycles. The highest BCUT2D eigenvalue weighted by Crippen LogP contribution is 2.41. The minimum absolute atomic E-state index is 0.194. The normalized spacial score (nSPS) is 13.3. The number of nitrogens with one attached hydrogen (secondary N) is 1. The quantitative estimate of drug-likeness (QED) is 0.384. The monoisotopic (exact) mass is 493 g/mol. The highest BCUT2D eigenvalue weighted by atomic mass is 16.3. The van der Waals surface area contributed by atoms with Crippen LogP contribution in [0.25, 0.3) is 6.08 Å². The van der Waals surface area contributed by atoms with E-state index in [1.54, 1.807) is 12.2 Å². The van der Waals surface area contributed by atoms with Crippen LogP contribution in [0.4, 0.5) is 0 Å². The van der Waals surface area contributed by atoms with Gasteiger partial charge < -0.3 is 15.5 Å². The van der Waals surface area contributed by atoms with Crippen molar-refractivity contribution < 1.29 is 15.0 Å². The number of hydrogen-bond acceptors (Lipinski definition) is 3. The van der Waals surface area contributed by atoms with Crippen LogP contribution in [0.5, 0.6) is 11.5 Å². The van der Waals surface area contributed by atoms with Gasteiger partial charge in [0.15, 0.2) is 0 Å². The van der Waals surface area contributed by atoms with Crippen LogP contribution in [0.3, 0.4) is 0 Å². The summed E-state index contributed by atoms with van der Waals surface area (Å²) in [5.74, 6) is 0.468. The molecule has 1 amide bonds. The molecule has 2 aromatic rings.